The van der Waals surface area contributed by atoms with Crippen LogP contribution in [0.5, 0.6) is 5.75 Å². The third-order valence-corrected chi connectivity index (χ3v) is 5.91. The van der Waals surface area contributed by atoms with Gasteiger partial charge in [-0.2, -0.15) is 0 Å². The van der Waals surface area contributed by atoms with Crippen molar-refractivity contribution >= 4 is 28.3 Å². The number of carbonyl (C=O) groups is 2. The van der Waals surface area contributed by atoms with E-state index in [2.05, 4.69) is 10.3 Å². The van der Waals surface area contributed by atoms with Crippen LogP contribution in [0.2, 0.25) is 0 Å². The third-order valence-electron chi connectivity index (χ3n) is 5.02. The molecule has 30 heavy (non-hydrogen) atoms. The fraction of sp³-hybridized carbons (Fsp3) is 0.261. The van der Waals surface area contributed by atoms with Crippen molar-refractivity contribution in [2.75, 3.05) is 11.9 Å². The molecular formula is C23H22N2O4S. The Hall–Kier alpha value is -3.19. The van der Waals surface area contributed by atoms with Gasteiger partial charge in [0.15, 0.2) is 10.7 Å². The Labute approximate surface area is 178 Å². The first-order chi connectivity index (χ1) is 14.4. The SMILES string of the molecule is CCOc1ccc(-c2nc(NC(=O)C3(C)Cc4ccccc4C(=O)O3)sc2C)cc1. The van der Waals surface area contributed by atoms with Crippen molar-refractivity contribution in [3.63, 3.8) is 0 Å². The molecule has 0 aliphatic carbocycles. The van der Waals surface area contributed by atoms with E-state index in [0.29, 0.717) is 23.7 Å². The standard InChI is InChI=1S/C23H22N2O4S/c1-4-28-17-11-9-15(10-12-17)19-14(2)30-22(24-19)25-21(27)23(3)13-16-7-5-6-8-18(16)20(26)29-23/h5-12H,4,13H2,1-3H3,(H,24,25,27). The topological polar surface area (TPSA) is 77.5 Å². The second-order valence-electron chi connectivity index (χ2n) is 7.29. The quantitative estimate of drug-likeness (QED) is 0.607. The maximum Gasteiger partial charge on any atom is 0.339 e. The maximum absolute atomic E-state index is 13.0. The Morgan fingerprint density at radius 3 is 2.70 bits per heavy atom. The zero-order valence-corrected chi connectivity index (χ0v) is 17.8. The van der Waals surface area contributed by atoms with Gasteiger partial charge in [-0.15, -0.1) is 11.3 Å². The summed E-state index contributed by atoms with van der Waals surface area (Å²) in [7, 11) is 0. The Morgan fingerprint density at radius 1 is 1.23 bits per heavy atom. The number of nitrogens with zero attached hydrogens (tertiary/aromatic N) is 1. The second-order valence-corrected chi connectivity index (χ2v) is 8.49. The molecule has 154 valence electrons. The molecule has 1 aliphatic heterocycles. The number of aromatic nitrogens is 1. The molecule has 0 radical (unpaired) electrons. The number of hydrogen-bond acceptors (Lipinski definition) is 6. The third kappa shape index (κ3) is 3.80. The molecule has 4 rings (SSSR count). The van der Waals surface area contributed by atoms with Gasteiger partial charge < -0.3 is 9.47 Å². The van der Waals surface area contributed by atoms with Crippen LogP contribution in [0.1, 0.15) is 34.6 Å². The molecule has 2 heterocycles. The molecule has 0 bridgehead atoms. The smallest absolute Gasteiger partial charge is 0.339 e. The molecule has 0 spiro atoms. The molecular weight excluding hydrogens is 400 g/mol. The van der Waals surface area contributed by atoms with Crippen molar-refractivity contribution in [1.29, 1.82) is 0 Å². The lowest BCUT2D eigenvalue weighted by molar-refractivity contribution is -0.134. The number of cyclic esters (lactones) is 1. The zero-order valence-electron chi connectivity index (χ0n) is 17.0. The molecule has 1 amide bonds. The van der Waals surface area contributed by atoms with Gasteiger partial charge in [-0.3, -0.25) is 10.1 Å². The molecule has 6 nitrogen and oxygen atoms in total. The van der Waals surface area contributed by atoms with Crippen LogP contribution in [0.15, 0.2) is 48.5 Å². The molecule has 0 saturated carbocycles. The zero-order chi connectivity index (χ0) is 21.3. The molecule has 2 aromatic carbocycles. The molecule has 1 aromatic heterocycles. The first kappa shape index (κ1) is 20.1. The van der Waals surface area contributed by atoms with Crippen molar-refractivity contribution in [3.05, 3.63) is 64.5 Å². The van der Waals surface area contributed by atoms with Gasteiger partial charge in [-0.05, 0) is 56.7 Å². The number of carbonyl (C=O) groups excluding carboxylic acids is 2. The summed E-state index contributed by atoms with van der Waals surface area (Å²) in [6.07, 6.45) is 0.316. The predicted molar refractivity (Wildman–Crippen MR) is 116 cm³/mol. The van der Waals surface area contributed by atoms with Crippen molar-refractivity contribution < 1.29 is 19.1 Å². The van der Waals surface area contributed by atoms with Gasteiger partial charge in [-0.25, -0.2) is 9.78 Å². The lowest BCUT2D eigenvalue weighted by Gasteiger charge is -2.32. The van der Waals surface area contributed by atoms with E-state index in [1.54, 1.807) is 19.1 Å². The largest absolute Gasteiger partial charge is 0.494 e. The minimum atomic E-state index is -1.29. The van der Waals surface area contributed by atoms with Gasteiger partial charge in [0, 0.05) is 16.9 Å². The summed E-state index contributed by atoms with van der Waals surface area (Å²) < 4.78 is 11.0. The Bertz CT molecular complexity index is 1110. The number of benzene rings is 2. The van der Waals surface area contributed by atoms with E-state index in [1.165, 1.54) is 11.3 Å². The number of nitrogens with one attached hydrogen (secondary N) is 1. The van der Waals surface area contributed by atoms with Gasteiger partial charge in [0.1, 0.15) is 5.75 Å². The summed E-state index contributed by atoms with van der Waals surface area (Å²) in [5.74, 6) is -0.0766. The molecule has 3 aromatic rings. The summed E-state index contributed by atoms with van der Waals surface area (Å²) in [6.45, 7) is 6.14. The highest BCUT2D eigenvalue weighted by Crippen LogP contribution is 2.33. The van der Waals surface area contributed by atoms with Crippen LogP contribution in [0.4, 0.5) is 5.13 Å². The Morgan fingerprint density at radius 2 is 1.97 bits per heavy atom. The van der Waals surface area contributed by atoms with E-state index in [9.17, 15) is 9.59 Å². The van der Waals surface area contributed by atoms with Gasteiger partial charge in [0.05, 0.1) is 17.9 Å². The fourth-order valence-electron chi connectivity index (χ4n) is 3.48. The minimum absolute atomic E-state index is 0.316. The van der Waals surface area contributed by atoms with Crippen LogP contribution in [0, 0.1) is 6.92 Å². The summed E-state index contributed by atoms with van der Waals surface area (Å²) in [5.41, 5.74) is 1.76. The molecule has 1 N–H and O–H groups in total. The molecule has 1 unspecified atom stereocenters. The number of thiazole rings is 1. The summed E-state index contributed by atoms with van der Waals surface area (Å²) in [5, 5.41) is 3.30. The van der Waals surface area contributed by atoms with Crippen molar-refractivity contribution in [2.24, 2.45) is 0 Å². The van der Waals surface area contributed by atoms with Crippen molar-refractivity contribution in [1.82, 2.24) is 4.98 Å². The number of amides is 1. The number of ether oxygens (including phenoxy) is 2. The minimum Gasteiger partial charge on any atom is -0.494 e. The normalized spacial score (nSPS) is 17.8. The van der Waals surface area contributed by atoms with E-state index < -0.39 is 17.5 Å². The van der Waals surface area contributed by atoms with Crippen LogP contribution in [-0.4, -0.2) is 29.1 Å². The van der Waals surface area contributed by atoms with E-state index in [0.717, 1.165) is 27.4 Å². The molecule has 0 fully saturated rings. The number of esters is 1. The number of rotatable bonds is 5. The second kappa shape index (κ2) is 7.91. The lowest BCUT2D eigenvalue weighted by atomic mass is 9.89. The molecule has 0 saturated heterocycles. The van der Waals surface area contributed by atoms with E-state index >= 15 is 0 Å². The maximum atomic E-state index is 13.0. The van der Waals surface area contributed by atoms with E-state index in [1.807, 2.05) is 50.2 Å². The number of aryl methyl sites for hydroxylation is 1. The summed E-state index contributed by atoms with van der Waals surface area (Å²) in [4.78, 5) is 30.9. The fourth-order valence-corrected chi connectivity index (χ4v) is 4.31. The number of fused-ring (bicyclic) bond motifs is 1. The van der Waals surface area contributed by atoms with Crippen LogP contribution in [0.3, 0.4) is 0 Å². The monoisotopic (exact) mass is 422 g/mol. The highest BCUT2D eigenvalue weighted by atomic mass is 32.1. The van der Waals surface area contributed by atoms with Crippen LogP contribution >= 0.6 is 11.3 Å². The van der Waals surface area contributed by atoms with Crippen LogP contribution in [0.25, 0.3) is 11.3 Å². The Balaban J connectivity index is 1.53. The highest BCUT2D eigenvalue weighted by molar-refractivity contribution is 7.16. The summed E-state index contributed by atoms with van der Waals surface area (Å²) >= 11 is 1.39. The van der Waals surface area contributed by atoms with Crippen LogP contribution < -0.4 is 10.1 Å². The van der Waals surface area contributed by atoms with Gasteiger partial charge in [0.2, 0.25) is 0 Å². The van der Waals surface area contributed by atoms with Gasteiger partial charge in [0.25, 0.3) is 5.91 Å². The average molecular weight is 423 g/mol. The van der Waals surface area contributed by atoms with Crippen LogP contribution in [-0.2, 0) is 16.0 Å². The number of hydrogen-bond donors (Lipinski definition) is 1. The van der Waals surface area contributed by atoms with E-state index in [-0.39, 0.29) is 0 Å². The van der Waals surface area contributed by atoms with Crippen molar-refractivity contribution in [3.8, 4) is 17.0 Å². The van der Waals surface area contributed by atoms with E-state index in [4.69, 9.17) is 9.47 Å². The predicted octanol–water partition coefficient (Wildman–Crippen LogP) is 4.63. The average Bonchev–Trinajstić information content (AvgIpc) is 3.09. The lowest BCUT2D eigenvalue weighted by Crippen LogP contribution is -2.48. The molecule has 7 heteroatoms. The highest BCUT2D eigenvalue weighted by Gasteiger charge is 2.43. The Kier molecular flexibility index (Phi) is 5.30. The summed E-state index contributed by atoms with van der Waals surface area (Å²) in [6, 6.07) is 14.9. The molecule has 1 aliphatic rings. The van der Waals surface area contributed by atoms with Gasteiger partial charge in [-0.1, -0.05) is 18.2 Å². The molecule has 1 atom stereocenters. The van der Waals surface area contributed by atoms with Gasteiger partial charge >= 0.3 is 5.97 Å². The van der Waals surface area contributed by atoms with Crippen molar-refractivity contribution in [2.45, 2.75) is 32.8 Å². The first-order valence-electron chi connectivity index (χ1n) is 9.73. The first-order valence-corrected chi connectivity index (χ1v) is 10.5. The number of anilines is 1.